The number of anilines is 1. The third-order valence-electron chi connectivity index (χ3n) is 9.90. The second kappa shape index (κ2) is 17.4. The molecule has 4 heterocycles. The van der Waals surface area contributed by atoms with Gasteiger partial charge in [-0.1, -0.05) is 24.0 Å². The summed E-state index contributed by atoms with van der Waals surface area (Å²) in [5, 5.41) is 8.87. The van der Waals surface area contributed by atoms with E-state index in [1.807, 2.05) is 80.3 Å². The summed E-state index contributed by atoms with van der Waals surface area (Å²) >= 11 is 0. The Hall–Kier alpha value is -5.73. The van der Waals surface area contributed by atoms with Gasteiger partial charge in [-0.25, -0.2) is 9.59 Å². The van der Waals surface area contributed by atoms with E-state index in [1.54, 1.807) is 36.9 Å². The predicted octanol–water partition coefficient (Wildman–Crippen LogP) is 6.36. The largest absolute Gasteiger partial charge is 0.444 e. The second-order valence-electron chi connectivity index (χ2n) is 15.1. The molecule has 11 heteroatoms. The smallest absolute Gasteiger partial charge is 0.410 e. The molecule has 2 aliphatic rings. The third-order valence-corrected chi connectivity index (χ3v) is 9.90. The standard InChI is InChI=1S/C43H49N7O4/c1-42(2,3)54-41(53)50-27-19-43(31-50)17-25-49(26-18-43)28-24-46-39(51)35-9-6-32(7-10-35)8-11-36-29-37(12-13-38(36)34-15-21-44-22-16-34)48-40(52)47-23-14-33-5-4-20-45-30-33/h4-7,9-10,12-13,15-16,20-22,29-30H,14,17-19,23-28,31H2,1-3H3,(H,46,51)(H2,47,48,52). The van der Waals surface area contributed by atoms with Crippen molar-refractivity contribution in [2.24, 2.45) is 5.41 Å². The molecule has 3 N–H and O–H groups in total. The van der Waals surface area contributed by atoms with E-state index in [1.165, 1.54) is 0 Å². The highest BCUT2D eigenvalue weighted by atomic mass is 16.6. The lowest BCUT2D eigenvalue weighted by Gasteiger charge is -2.39. The number of amides is 4. The number of benzene rings is 2. The fraction of sp³-hybridized carbons (Fsp3) is 0.372. The Balaban J connectivity index is 0.996. The van der Waals surface area contributed by atoms with Crippen LogP contribution in [0.2, 0.25) is 0 Å². The predicted molar refractivity (Wildman–Crippen MR) is 210 cm³/mol. The van der Waals surface area contributed by atoms with Gasteiger partial charge in [-0.15, -0.1) is 0 Å². The van der Waals surface area contributed by atoms with Crippen molar-refractivity contribution in [1.82, 2.24) is 30.4 Å². The molecule has 6 rings (SSSR count). The van der Waals surface area contributed by atoms with Crippen molar-refractivity contribution >= 4 is 23.7 Å². The van der Waals surface area contributed by atoms with Crippen LogP contribution >= 0.6 is 0 Å². The van der Waals surface area contributed by atoms with Crippen molar-refractivity contribution in [1.29, 1.82) is 0 Å². The van der Waals surface area contributed by atoms with E-state index in [0.717, 1.165) is 79.8 Å². The highest BCUT2D eigenvalue weighted by Crippen LogP contribution is 2.40. The van der Waals surface area contributed by atoms with Crippen LogP contribution < -0.4 is 16.0 Å². The molecule has 2 aromatic carbocycles. The van der Waals surface area contributed by atoms with Gasteiger partial charge in [-0.3, -0.25) is 14.8 Å². The summed E-state index contributed by atoms with van der Waals surface area (Å²) in [4.78, 5) is 50.7. The summed E-state index contributed by atoms with van der Waals surface area (Å²) in [5.74, 6) is 6.39. The van der Waals surface area contributed by atoms with E-state index < -0.39 is 5.60 Å². The van der Waals surface area contributed by atoms with E-state index in [4.69, 9.17) is 4.74 Å². The second-order valence-corrected chi connectivity index (χ2v) is 15.1. The van der Waals surface area contributed by atoms with E-state index in [0.29, 0.717) is 30.8 Å². The zero-order valence-corrected chi connectivity index (χ0v) is 31.4. The van der Waals surface area contributed by atoms with Gasteiger partial charge in [0, 0.05) is 79.9 Å². The first-order valence-electron chi connectivity index (χ1n) is 18.6. The van der Waals surface area contributed by atoms with Crippen molar-refractivity contribution < 1.29 is 19.1 Å². The van der Waals surface area contributed by atoms with E-state index in [-0.39, 0.29) is 23.4 Å². The number of carbonyl (C=O) groups is 3. The molecule has 2 saturated heterocycles. The Morgan fingerprint density at radius 3 is 2.33 bits per heavy atom. The maximum absolute atomic E-state index is 13.0. The lowest BCUT2D eigenvalue weighted by Crippen LogP contribution is -2.45. The average molecular weight is 728 g/mol. The summed E-state index contributed by atoms with van der Waals surface area (Å²) in [6, 6.07) is 20.3. The Morgan fingerprint density at radius 1 is 0.852 bits per heavy atom. The van der Waals surface area contributed by atoms with Crippen molar-refractivity contribution in [3.8, 4) is 23.0 Å². The summed E-state index contributed by atoms with van der Waals surface area (Å²) in [6.07, 6.45) is 10.5. The number of hydrogen-bond donors (Lipinski definition) is 3. The molecule has 1 spiro atoms. The number of rotatable bonds is 9. The number of piperidine rings is 1. The number of hydrogen-bond acceptors (Lipinski definition) is 7. The number of nitrogens with zero attached hydrogens (tertiary/aromatic N) is 4. The Bertz CT molecular complexity index is 1960. The fourth-order valence-corrected chi connectivity index (χ4v) is 6.90. The third kappa shape index (κ3) is 10.7. The molecule has 0 radical (unpaired) electrons. The first kappa shape index (κ1) is 38.0. The van der Waals surface area contributed by atoms with Crippen LogP contribution in [0.25, 0.3) is 11.1 Å². The molecular formula is C43H49N7O4. The van der Waals surface area contributed by atoms with E-state index >= 15 is 0 Å². The average Bonchev–Trinajstić information content (AvgIpc) is 3.59. The summed E-state index contributed by atoms with van der Waals surface area (Å²) < 4.78 is 5.59. The van der Waals surface area contributed by atoms with Crippen molar-refractivity contribution in [2.45, 2.75) is 52.1 Å². The minimum atomic E-state index is -0.488. The van der Waals surface area contributed by atoms with Crippen LogP contribution in [-0.4, -0.2) is 89.2 Å². The SMILES string of the molecule is CC(C)(C)OC(=O)N1CCC2(CCN(CCNC(=O)c3ccc(C#Cc4cc(NC(=O)NCCc5cccnc5)ccc4-c4ccncc4)cc3)CC2)C1. The van der Waals surface area contributed by atoms with Crippen molar-refractivity contribution in [3.05, 3.63) is 114 Å². The molecule has 0 bridgehead atoms. The molecule has 4 aromatic rings. The van der Waals surface area contributed by atoms with Crippen LogP contribution in [0, 0.1) is 17.3 Å². The number of pyridine rings is 2. The number of likely N-dealkylation sites (tertiary alicyclic amines) is 2. The maximum Gasteiger partial charge on any atom is 0.410 e. The van der Waals surface area contributed by atoms with Crippen LogP contribution in [0.15, 0.2) is 91.5 Å². The Morgan fingerprint density at radius 2 is 1.61 bits per heavy atom. The number of carbonyl (C=O) groups excluding carboxylic acids is 3. The van der Waals surface area contributed by atoms with Gasteiger partial charge < -0.3 is 30.5 Å². The number of urea groups is 1. The zero-order valence-electron chi connectivity index (χ0n) is 31.4. The van der Waals surface area contributed by atoms with Gasteiger partial charge in [0.2, 0.25) is 0 Å². The fourth-order valence-electron chi connectivity index (χ4n) is 6.90. The normalized spacial score (nSPS) is 15.2. The van der Waals surface area contributed by atoms with Gasteiger partial charge in [0.05, 0.1) is 0 Å². The zero-order chi connectivity index (χ0) is 38.0. The molecular weight excluding hydrogens is 679 g/mol. The number of ether oxygens (including phenoxy) is 1. The van der Waals surface area contributed by atoms with Crippen molar-refractivity contribution in [3.63, 3.8) is 0 Å². The molecule has 2 aliphatic heterocycles. The van der Waals surface area contributed by atoms with Crippen molar-refractivity contribution in [2.75, 3.05) is 51.1 Å². The summed E-state index contributed by atoms with van der Waals surface area (Å²) in [6.45, 7) is 10.9. The highest BCUT2D eigenvalue weighted by Gasteiger charge is 2.43. The summed E-state index contributed by atoms with van der Waals surface area (Å²) in [7, 11) is 0. The minimum Gasteiger partial charge on any atom is -0.444 e. The monoisotopic (exact) mass is 727 g/mol. The molecule has 11 nitrogen and oxygen atoms in total. The summed E-state index contributed by atoms with van der Waals surface area (Å²) in [5.41, 5.74) is 5.30. The highest BCUT2D eigenvalue weighted by molar-refractivity contribution is 5.94. The van der Waals surface area contributed by atoms with Gasteiger partial charge >= 0.3 is 12.1 Å². The first-order valence-corrected chi connectivity index (χ1v) is 18.6. The molecule has 2 aromatic heterocycles. The quantitative estimate of drug-likeness (QED) is 0.171. The van der Waals surface area contributed by atoms with E-state index in [9.17, 15) is 14.4 Å². The number of nitrogens with one attached hydrogen (secondary N) is 3. The molecule has 280 valence electrons. The Labute approximate surface area is 317 Å². The molecule has 0 atom stereocenters. The van der Waals surface area contributed by atoms with Crippen LogP contribution in [0.5, 0.6) is 0 Å². The maximum atomic E-state index is 13.0. The minimum absolute atomic E-state index is 0.121. The van der Waals surface area contributed by atoms with Gasteiger partial charge in [0.1, 0.15) is 5.60 Å². The first-order chi connectivity index (χ1) is 26.0. The van der Waals surface area contributed by atoms with Gasteiger partial charge in [0.15, 0.2) is 0 Å². The molecule has 0 aliphatic carbocycles. The van der Waals surface area contributed by atoms with Crippen LogP contribution in [0.1, 0.15) is 67.1 Å². The van der Waals surface area contributed by atoms with Gasteiger partial charge in [0.25, 0.3) is 5.91 Å². The number of aromatic nitrogens is 2. The van der Waals surface area contributed by atoms with Gasteiger partial charge in [-0.05, 0) is 136 Å². The lowest BCUT2D eigenvalue weighted by atomic mass is 9.78. The molecule has 54 heavy (non-hydrogen) atoms. The van der Waals surface area contributed by atoms with Crippen LogP contribution in [0.4, 0.5) is 15.3 Å². The van der Waals surface area contributed by atoms with Gasteiger partial charge in [-0.2, -0.15) is 0 Å². The van der Waals surface area contributed by atoms with Crippen LogP contribution in [-0.2, 0) is 11.2 Å². The molecule has 4 amide bonds. The Kier molecular flexibility index (Phi) is 12.2. The van der Waals surface area contributed by atoms with E-state index in [2.05, 4.69) is 42.7 Å². The van der Waals surface area contributed by atoms with Crippen LogP contribution in [0.3, 0.4) is 0 Å². The molecule has 0 unspecified atom stereocenters. The molecule has 2 fully saturated rings. The lowest BCUT2D eigenvalue weighted by molar-refractivity contribution is 0.0248. The molecule has 0 saturated carbocycles. The topological polar surface area (TPSA) is 129 Å².